The van der Waals surface area contributed by atoms with Gasteiger partial charge in [0.2, 0.25) is 0 Å². The second kappa shape index (κ2) is 7.27. The van der Waals surface area contributed by atoms with E-state index in [0.29, 0.717) is 29.1 Å². The normalized spacial score (nSPS) is 13.0. The topological polar surface area (TPSA) is 80.5 Å². The maximum absolute atomic E-state index is 13.6. The summed E-state index contributed by atoms with van der Waals surface area (Å²) in [7, 11) is 1.80. The zero-order chi connectivity index (χ0) is 19.8. The monoisotopic (exact) mass is 404 g/mol. The lowest BCUT2D eigenvalue weighted by molar-refractivity contribution is 0.0947. The van der Waals surface area contributed by atoms with E-state index in [-0.39, 0.29) is 5.91 Å². The summed E-state index contributed by atoms with van der Waals surface area (Å²) < 4.78 is 30.7. The molecule has 10 heteroatoms. The molecule has 0 unspecified atom stereocenters. The summed E-state index contributed by atoms with van der Waals surface area (Å²) in [6.45, 7) is 0.374. The number of aromatic nitrogens is 5. The average molecular weight is 404 g/mol. The van der Waals surface area contributed by atoms with Crippen molar-refractivity contribution < 1.29 is 13.6 Å². The molecule has 0 aliphatic heterocycles. The van der Waals surface area contributed by atoms with E-state index in [2.05, 4.69) is 20.6 Å². The van der Waals surface area contributed by atoms with Crippen molar-refractivity contribution in [3.8, 4) is 5.69 Å². The van der Waals surface area contributed by atoms with Crippen molar-refractivity contribution in [1.29, 1.82) is 0 Å². The number of halogens is 2. The number of carbonyl (C=O) groups is 1. The zero-order valence-corrected chi connectivity index (χ0v) is 15.9. The minimum atomic E-state index is -0.946. The summed E-state index contributed by atoms with van der Waals surface area (Å²) in [6.07, 6.45) is 2.87. The molecule has 0 atom stereocenters. The van der Waals surface area contributed by atoms with Gasteiger partial charge in [0.25, 0.3) is 5.91 Å². The van der Waals surface area contributed by atoms with Crippen LogP contribution in [-0.4, -0.2) is 37.0 Å². The molecule has 0 bridgehead atoms. The van der Waals surface area contributed by atoms with E-state index in [4.69, 9.17) is 12.2 Å². The average Bonchev–Trinajstić information content (AvgIpc) is 3.35. The van der Waals surface area contributed by atoms with Crippen LogP contribution in [0.2, 0.25) is 0 Å². The van der Waals surface area contributed by atoms with Crippen molar-refractivity contribution in [2.75, 3.05) is 6.54 Å². The van der Waals surface area contributed by atoms with Gasteiger partial charge in [-0.1, -0.05) is 0 Å². The van der Waals surface area contributed by atoms with Crippen molar-refractivity contribution in [2.45, 2.75) is 25.7 Å². The van der Waals surface area contributed by atoms with Gasteiger partial charge in [-0.2, -0.15) is 10.2 Å². The largest absolute Gasteiger partial charge is 0.350 e. The lowest BCUT2D eigenvalue weighted by atomic mass is 10.2. The highest BCUT2D eigenvalue weighted by Crippen LogP contribution is 2.28. The molecule has 1 aromatic carbocycles. The first-order valence-electron chi connectivity index (χ1n) is 8.90. The van der Waals surface area contributed by atoms with Gasteiger partial charge in [0.05, 0.1) is 5.69 Å². The Hall–Kier alpha value is -2.88. The fraction of sp³-hybridized carbons (Fsp3) is 0.333. The SMILES string of the molecule is Cn1c(CCNC(=O)c2nn(-c3ccc(F)c(F)c3)c3c2CCC3)n[nH]c1=S. The standard InChI is InChI=1S/C18H18F2N6OS/c1-25-15(22-23-18(25)28)7-8-21-17(27)16-11-3-2-4-14(11)26(24-16)10-5-6-12(19)13(20)9-10/h5-6,9H,2-4,7-8H2,1H3,(H,21,27)(H,23,28). The Kier molecular flexibility index (Phi) is 4.80. The number of carbonyl (C=O) groups excluding carboxylic acids is 1. The smallest absolute Gasteiger partial charge is 0.272 e. The highest BCUT2D eigenvalue weighted by Gasteiger charge is 2.27. The quantitative estimate of drug-likeness (QED) is 0.640. The maximum atomic E-state index is 13.6. The van der Waals surface area contributed by atoms with Gasteiger partial charge in [0.15, 0.2) is 22.1 Å². The second-order valence-corrected chi connectivity index (χ2v) is 7.03. The number of nitrogens with zero attached hydrogens (tertiary/aromatic N) is 4. The Morgan fingerprint density at radius 2 is 2.14 bits per heavy atom. The van der Waals surface area contributed by atoms with Crippen molar-refractivity contribution in [2.24, 2.45) is 7.05 Å². The van der Waals surface area contributed by atoms with Crippen molar-refractivity contribution in [3.63, 3.8) is 0 Å². The van der Waals surface area contributed by atoms with Crippen LogP contribution >= 0.6 is 12.2 Å². The van der Waals surface area contributed by atoms with E-state index in [1.54, 1.807) is 11.6 Å². The fourth-order valence-electron chi connectivity index (χ4n) is 3.42. The van der Waals surface area contributed by atoms with E-state index in [0.717, 1.165) is 48.5 Å². The van der Waals surface area contributed by atoms with Crippen LogP contribution in [0.3, 0.4) is 0 Å². The van der Waals surface area contributed by atoms with E-state index >= 15 is 0 Å². The molecule has 7 nitrogen and oxygen atoms in total. The van der Waals surface area contributed by atoms with Gasteiger partial charge >= 0.3 is 0 Å². The van der Waals surface area contributed by atoms with E-state index in [1.807, 2.05) is 0 Å². The van der Waals surface area contributed by atoms with Crippen LogP contribution < -0.4 is 5.32 Å². The molecule has 3 aromatic rings. The Balaban J connectivity index is 1.54. The molecule has 1 amide bonds. The van der Waals surface area contributed by atoms with Gasteiger partial charge < -0.3 is 9.88 Å². The molecule has 1 aliphatic carbocycles. The van der Waals surface area contributed by atoms with Crippen LogP contribution in [0.1, 0.15) is 34.0 Å². The summed E-state index contributed by atoms with van der Waals surface area (Å²) in [4.78, 5) is 12.7. The number of benzene rings is 1. The van der Waals surface area contributed by atoms with Gasteiger partial charge in [-0.15, -0.1) is 0 Å². The Morgan fingerprint density at radius 3 is 2.86 bits per heavy atom. The molecule has 4 rings (SSSR count). The predicted octanol–water partition coefficient (Wildman–Crippen LogP) is 2.40. The van der Waals surface area contributed by atoms with Crippen LogP contribution in [0.5, 0.6) is 0 Å². The molecule has 2 heterocycles. The molecule has 0 saturated heterocycles. The van der Waals surface area contributed by atoms with Crippen LogP contribution in [0.25, 0.3) is 5.69 Å². The summed E-state index contributed by atoms with van der Waals surface area (Å²) in [6, 6.07) is 3.60. The number of rotatable bonds is 5. The first kappa shape index (κ1) is 18.5. The third-order valence-electron chi connectivity index (χ3n) is 4.90. The van der Waals surface area contributed by atoms with Gasteiger partial charge in [0, 0.05) is 37.3 Å². The molecular weight excluding hydrogens is 386 g/mol. The minimum absolute atomic E-state index is 0.295. The molecule has 0 fully saturated rings. The molecule has 0 radical (unpaired) electrons. The zero-order valence-electron chi connectivity index (χ0n) is 15.1. The number of fused-ring (bicyclic) bond motifs is 1. The van der Waals surface area contributed by atoms with Crippen molar-refractivity contribution in [3.05, 3.63) is 57.4 Å². The third-order valence-corrected chi connectivity index (χ3v) is 5.26. The Bertz CT molecular complexity index is 1120. The third kappa shape index (κ3) is 3.24. The lowest BCUT2D eigenvalue weighted by Gasteiger charge is -2.06. The molecular formula is C18H18F2N6OS. The first-order chi connectivity index (χ1) is 13.5. The molecule has 1 aliphatic rings. The van der Waals surface area contributed by atoms with Crippen LogP contribution in [0.4, 0.5) is 8.78 Å². The minimum Gasteiger partial charge on any atom is -0.350 e. The van der Waals surface area contributed by atoms with Gasteiger partial charge in [0.1, 0.15) is 5.82 Å². The van der Waals surface area contributed by atoms with Crippen molar-refractivity contribution >= 4 is 18.1 Å². The highest BCUT2D eigenvalue weighted by atomic mass is 32.1. The second-order valence-electron chi connectivity index (χ2n) is 6.65. The lowest BCUT2D eigenvalue weighted by Crippen LogP contribution is -2.27. The van der Waals surface area contributed by atoms with E-state index in [9.17, 15) is 13.6 Å². The maximum Gasteiger partial charge on any atom is 0.272 e. The van der Waals surface area contributed by atoms with Gasteiger partial charge in [-0.3, -0.25) is 9.89 Å². The molecule has 2 N–H and O–H groups in total. The first-order valence-corrected chi connectivity index (χ1v) is 9.31. The van der Waals surface area contributed by atoms with Gasteiger partial charge in [-0.25, -0.2) is 13.5 Å². The summed E-state index contributed by atoms with van der Waals surface area (Å²) in [5, 5.41) is 14.1. The Morgan fingerprint density at radius 1 is 1.32 bits per heavy atom. The molecule has 0 saturated carbocycles. The summed E-state index contributed by atoms with van der Waals surface area (Å²) in [5.74, 6) is -1.42. The van der Waals surface area contributed by atoms with Crippen molar-refractivity contribution in [1.82, 2.24) is 29.9 Å². The van der Waals surface area contributed by atoms with Crippen LogP contribution in [-0.2, 0) is 26.3 Å². The van der Waals surface area contributed by atoms with E-state index in [1.165, 1.54) is 10.7 Å². The van der Waals surface area contributed by atoms with E-state index < -0.39 is 11.6 Å². The number of amides is 1. The predicted molar refractivity (Wildman–Crippen MR) is 99.9 cm³/mol. The number of hydrogen-bond acceptors (Lipinski definition) is 4. The highest BCUT2D eigenvalue weighted by molar-refractivity contribution is 7.71. The van der Waals surface area contributed by atoms with Crippen LogP contribution in [0.15, 0.2) is 18.2 Å². The van der Waals surface area contributed by atoms with Crippen LogP contribution in [0, 0.1) is 16.4 Å². The summed E-state index contributed by atoms with van der Waals surface area (Å²) in [5.41, 5.74) is 2.45. The number of aromatic amines is 1. The number of nitrogens with one attached hydrogen (secondary N) is 2. The molecule has 0 spiro atoms. The molecule has 146 valence electrons. The van der Waals surface area contributed by atoms with Gasteiger partial charge in [-0.05, 0) is 43.6 Å². The summed E-state index contributed by atoms with van der Waals surface area (Å²) >= 11 is 5.07. The number of H-pyrrole nitrogens is 1. The number of hydrogen-bond donors (Lipinski definition) is 2. The fourth-order valence-corrected chi connectivity index (χ4v) is 3.58. The Labute approximate surface area is 164 Å². The molecule has 28 heavy (non-hydrogen) atoms. The molecule has 2 aromatic heterocycles.